The van der Waals surface area contributed by atoms with Crippen molar-refractivity contribution in [3.8, 4) is 11.5 Å². The fourth-order valence-corrected chi connectivity index (χ4v) is 2.98. The zero-order chi connectivity index (χ0) is 20.1. The number of aromatic amines is 1. The van der Waals surface area contributed by atoms with Crippen molar-refractivity contribution in [2.45, 2.75) is 6.61 Å². The van der Waals surface area contributed by atoms with Gasteiger partial charge in [0.15, 0.2) is 11.5 Å². The zero-order valence-electron chi connectivity index (χ0n) is 16.0. The molecule has 0 bridgehead atoms. The molecule has 0 fully saturated rings. The number of rotatable bonds is 6. The standard InChI is InChI=1S/C24H20N2O3/c1-28-22-14-12-17(15-23(22)29-16-18-7-3-2-4-8-18)11-13-21-24(27)26-20-10-6-5-9-19(20)25-21/h2-15H,16H2,1H3,(H,26,27)/b13-11+. The molecule has 1 N–H and O–H groups in total. The highest BCUT2D eigenvalue weighted by molar-refractivity contribution is 5.76. The van der Waals surface area contributed by atoms with E-state index in [1.165, 1.54) is 0 Å². The summed E-state index contributed by atoms with van der Waals surface area (Å²) in [7, 11) is 1.61. The Morgan fingerprint density at radius 1 is 0.931 bits per heavy atom. The molecule has 5 nitrogen and oxygen atoms in total. The second-order valence-corrected chi connectivity index (χ2v) is 6.49. The monoisotopic (exact) mass is 384 g/mol. The molecule has 0 unspecified atom stereocenters. The van der Waals surface area contributed by atoms with Crippen LogP contribution in [0.2, 0.25) is 0 Å². The van der Waals surface area contributed by atoms with Crippen molar-refractivity contribution in [2.24, 2.45) is 0 Å². The number of aromatic nitrogens is 2. The molecule has 0 saturated carbocycles. The lowest BCUT2D eigenvalue weighted by Gasteiger charge is -2.11. The predicted octanol–water partition coefficient (Wildman–Crippen LogP) is 4.68. The van der Waals surface area contributed by atoms with E-state index in [2.05, 4.69) is 9.97 Å². The molecule has 0 aliphatic heterocycles. The summed E-state index contributed by atoms with van der Waals surface area (Å²) in [6.45, 7) is 0.441. The third-order valence-corrected chi connectivity index (χ3v) is 4.48. The Balaban J connectivity index is 1.58. The SMILES string of the molecule is COc1ccc(/C=C/c2nc3ccccc3[nH]c2=O)cc1OCc1ccccc1. The molecule has 0 saturated heterocycles. The number of nitrogens with one attached hydrogen (secondary N) is 1. The summed E-state index contributed by atoms with van der Waals surface area (Å²) in [5.74, 6) is 1.29. The molecule has 144 valence electrons. The maximum atomic E-state index is 12.3. The maximum Gasteiger partial charge on any atom is 0.274 e. The quantitative estimate of drug-likeness (QED) is 0.524. The first-order chi connectivity index (χ1) is 14.2. The van der Waals surface area contributed by atoms with E-state index in [9.17, 15) is 4.79 Å². The van der Waals surface area contributed by atoms with Crippen LogP contribution >= 0.6 is 0 Å². The fraction of sp³-hybridized carbons (Fsp3) is 0.0833. The molecule has 1 aromatic heterocycles. The average Bonchev–Trinajstić information content (AvgIpc) is 2.77. The van der Waals surface area contributed by atoms with E-state index in [0.29, 0.717) is 23.8 Å². The van der Waals surface area contributed by atoms with Gasteiger partial charge in [0.1, 0.15) is 12.3 Å². The van der Waals surface area contributed by atoms with E-state index in [1.54, 1.807) is 13.2 Å². The Bertz CT molecular complexity index is 1210. The number of para-hydroxylation sites is 2. The van der Waals surface area contributed by atoms with Gasteiger partial charge in [-0.2, -0.15) is 0 Å². The van der Waals surface area contributed by atoms with Gasteiger partial charge in [-0.1, -0.05) is 54.6 Å². The van der Waals surface area contributed by atoms with Crippen LogP contribution in [0.25, 0.3) is 23.2 Å². The molecule has 0 amide bonds. The summed E-state index contributed by atoms with van der Waals surface area (Å²) in [5, 5.41) is 0. The van der Waals surface area contributed by atoms with E-state index in [-0.39, 0.29) is 5.56 Å². The zero-order valence-corrected chi connectivity index (χ0v) is 16.0. The Labute approximate surface area is 168 Å². The van der Waals surface area contributed by atoms with Gasteiger partial charge >= 0.3 is 0 Å². The number of fused-ring (bicyclic) bond motifs is 1. The molecule has 3 aromatic carbocycles. The second-order valence-electron chi connectivity index (χ2n) is 6.49. The minimum Gasteiger partial charge on any atom is -0.493 e. The van der Waals surface area contributed by atoms with E-state index in [1.807, 2.05) is 78.9 Å². The number of nitrogens with zero attached hydrogens (tertiary/aromatic N) is 1. The normalized spacial score (nSPS) is 11.1. The number of ether oxygens (including phenoxy) is 2. The highest BCUT2D eigenvalue weighted by atomic mass is 16.5. The topological polar surface area (TPSA) is 64.2 Å². The summed E-state index contributed by atoms with van der Waals surface area (Å²) >= 11 is 0. The van der Waals surface area contributed by atoms with Gasteiger partial charge in [0.05, 0.1) is 18.1 Å². The van der Waals surface area contributed by atoms with Gasteiger partial charge in [0.25, 0.3) is 5.56 Å². The Morgan fingerprint density at radius 2 is 1.72 bits per heavy atom. The average molecular weight is 384 g/mol. The molecule has 0 atom stereocenters. The Hall–Kier alpha value is -3.86. The minimum absolute atomic E-state index is 0.228. The molecule has 0 spiro atoms. The van der Waals surface area contributed by atoms with Gasteiger partial charge in [-0.05, 0) is 41.5 Å². The van der Waals surface area contributed by atoms with Gasteiger partial charge in [-0.15, -0.1) is 0 Å². The van der Waals surface area contributed by atoms with Crippen molar-refractivity contribution in [3.63, 3.8) is 0 Å². The summed E-state index contributed by atoms with van der Waals surface area (Å²) in [6, 6.07) is 23.0. The van der Waals surface area contributed by atoms with Crippen molar-refractivity contribution >= 4 is 23.2 Å². The summed E-state index contributed by atoms with van der Waals surface area (Å²) in [5.41, 5.74) is 3.54. The lowest BCUT2D eigenvalue weighted by Crippen LogP contribution is -2.11. The van der Waals surface area contributed by atoms with Crippen molar-refractivity contribution in [1.82, 2.24) is 9.97 Å². The molecular weight excluding hydrogens is 364 g/mol. The Kier molecular flexibility index (Phi) is 5.38. The number of hydrogen-bond acceptors (Lipinski definition) is 4. The first-order valence-corrected chi connectivity index (χ1v) is 9.25. The first kappa shape index (κ1) is 18.5. The third-order valence-electron chi connectivity index (χ3n) is 4.48. The van der Waals surface area contributed by atoms with Crippen LogP contribution in [-0.4, -0.2) is 17.1 Å². The van der Waals surface area contributed by atoms with Gasteiger partial charge in [-0.3, -0.25) is 4.79 Å². The lowest BCUT2D eigenvalue weighted by molar-refractivity contribution is 0.284. The van der Waals surface area contributed by atoms with E-state index in [4.69, 9.17) is 9.47 Å². The molecule has 5 heteroatoms. The highest BCUT2D eigenvalue weighted by Gasteiger charge is 2.06. The third kappa shape index (κ3) is 4.35. The highest BCUT2D eigenvalue weighted by Crippen LogP contribution is 2.29. The minimum atomic E-state index is -0.228. The van der Waals surface area contributed by atoms with Crippen LogP contribution in [0.5, 0.6) is 11.5 Å². The first-order valence-electron chi connectivity index (χ1n) is 9.25. The fourth-order valence-electron chi connectivity index (χ4n) is 2.98. The molecule has 0 radical (unpaired) electrons. The second kappa shape index (κ2) is 8.44. The van der Waals surface area contributed by atoms with Gasteiger partial charge < -0.3 is 14.5 Å². The van der Waals surface area contributed by atoms with E-state index < -0.39 is 0 Å². The number of hydrogen-bond donors (Lipinski definition) is 1. The van der Waals surface area contributed by atoms with Crippen molar-refractivity contribution in [1.29, 1.82) is 0 Å². The van der Waals surface area contributed by atoms with Gasteiger partial charge in [-0.25, -0.2) is 4.98 Å². The largest absolute Gasteiger partial charge is 0.493 e. The van der Waals surface area contributed by atoms with Crippen LogP contribution < -0.4 is 15.0 Å². The molecular formula is C24H20N2O3. The predicted molar refractivity (Wildman–Crippen MR) is 115 cm³/mol. The summed E-state index contributed by atoms with van der Waals surface area (Å²) < 4.78 is 11.3. The molecule has 29 heavy (non-hydrogen) atoms. The van der Waals surface area contributed by atoms with Crippen LogP contribution in [0.1, 0.15) is 16.8 Å². The number of methoxy groups -OCH3 is 1. The van der Waals surface area contributed by atoms with Crippen LogP contribution in [0.4, 0.5) is 0 Å². The van der Waals surface area contributed by atoms with Gasteiger partial charge in [0.2, 0.25) is 0 Å². The van der Waals surface area contributed by atoms with Crippen LogP contribution in [0, 0.1) is 0 Å². The lowest BCUT2D eigenvalue weighted by atomic mass is 10.1. The van der Waals surface area contributed by atoms with Crippen molar-refractivity contribution in [3.05, 3.63) is 100.0 Å². The number of benzene rings is 3. The van der Waals surface area contributed by atoms with Crippen molar-refractivity contribution in [2.75, 3.05) is 7.11 Å². The maximum absolute atomic E-state index is 12.3. The van der Waals surface area contributed by atoms with Gasteiger partial charge in [0, 0.05) is 0 Å². The van der Waals surface area contributed by atoms with Crippen molar-refractivity contribution < 1.29 is 9.47 Å². The van der Waals surface area contributed by atoms with Crippen LogP contribution in [-0.2, 0) is 6.61 Å². The molecule has 0 aliphatic rings. The smallest absolute Gasteiger partial charge is 0.274 e. The summed E-state index contributed by atoms with van der Waals surface area (Å²) in [6.07, 6.45) is 3.54. The molecule has 0 aliphatic carbocycles. The molecule has 4 aromatic rings. The van der Waals surface area contributed by atoms with E-state index in [0.717, 1.165) is 22.2 Å². The summed E-state index contributed by atoms with van der Waals surface area (Å²) in [4.78, 5) is 19.6. The van der Waals surface area contributed by atoms with Crippen LogP contribution in [0.15, 0.2) is 77.6 Å². The molecule has 4 rings (SSSR count). The van der Waals surface area contributed by atoms with E-state index >= 15 is 0 Å². The molecule has 1 heterocycles. The Morgan fingerprint density at radius 3 is 2.55 bits per heavy atom. The number of H-pyrrole nitrogens is 1. The van der Waals surface area contributed by atoms with Crippen LogP contribution in [0.3, 0.4) is 0 Å².